The summed E-state index contributed by atoms with van der Waals surface area (Å²) in [6.07, 6.45) is -0.509. The van der Waals surface area contributed by atoms with Crippen molar-refractivity contribution in [2.24, 2.45) is 4.99 Å². The Labute approximate surface area is 156 Å². The zero-order valence-corrected chi connectivity index (χ0v) is 15.7. The van der Waals surface area contributed by atoms with Crippen molar-refractivity contribution >= 4 is 29.9 Å². The largest absolute Gasteiger partial charge is 0.435 e. The molecule has 0 spiro atoms. The molecule has 0 saturated carbocycles. The van der Waals surface area contributed by atoms with Gasteiger partial charge in [-0.05, 0) is 31.0 Å². The lowest BCUT2D eigenvalue weighted by Crippen LogP contribution is -2.38. The number of aliphatic imine (C=N–C) groups is 1. The van der Waals surface area contributed by atoms with Crippen LogP contribution in [0, 0.1) is 0 Å². The summed E-state index contributed by atoms with van der Waals surface area (Å²) in [6, 6.07) is 5.72. The number of ether oxygens (including phenoxy) is 1. The molecule has 0 aromatic heterocycles. The van der Waals surface area contributed by atoms with Crippen LogP contribution < -0.4 is 15.4 Å². The molecule has 0 bridgehead atoms. The molecule has 1 aromatic carbocycles. The van der Waals surface area contributed by atoms with E-state index < -0.39 is 19.4 Å². The Morgan fingerprint density at radius 2 is 1.92 bits per heavy atom. The molecular weight excluding hydrogens is 438 g/mol. The molecule has 0 amide bonds. The van der Waals surface area contributed by atoms with E-state index in [0.29, 0.717) is 31.0 Å². The number of nitrogens with zero attached hydrogens (tertiary/aromatic N) is 1. The normalized spacial score (nSPS) is 12.5. The standard InChI is InChI=1S/C15H22F3N3O2.HI/c1-2-19-15(20-9-3-8-16)21-10-13(22)11-4-6-12(7-5-11)23-14(17)18;/h4-7,13-14,22H,2-3,8-10H2,1H3,(H2,19,20,21);1H. The van der Waals surface area contributed by atoms with Gasteiger partial charge in [0.15, 0.2) is 5.96 Å². The molecule has 24 heavy (non-hydrogen) atoms. The van der Waals surface area contributed by atoms with Gasteiger partial charge in [-0.25, -0.2) is 0 Å². The number of guanidine groups is 1. The number of rotatable bonds is 9. The monoisotopic (exact) mass is 461 g/mol. The van der Waals surface area contributed by atoms with Crippen LogP contribution >= 0.6 is 24.0 Å². The van der Waals surface area contributed by atoms with Crippen LogP contribution in [0.15, 0.2) is 29.3 Å². The molecule has 1 unspecified atom stereocenters. The van der Waals surface area contributed by atoms with Gasteiger partial charge in [0, 0.05) is 13.1 Å². The SMILES string of the molecule is CCNC(=NCC(O)c1ccc(OC(F)F)cc1)NCCCF.I. The van der Waals surface area contributed by atoms with E-state index in [1.807, 2.05) is 6.92 Å². The fourth-order valence-electron chi connectivity index (χ4n) is 1.77. The average molecular weight is 461 g/mol. The smallest absolute Gasteiger partial charge is 0.387 e. The van der Waals surface area contributed by atoms with Crippen molar-refractivity contribution in [1.82, 2.24) is 10.6 Å². The molecule has 0 fully saturated rings. The van der Waals surface area contributed by atoms with Crippen LogP contribution in [-0.4, -0.2) is 44.0 Å². The maximum Gasteiger partial charge on any atom is 0.387 e. The highest BCUT2D eigenvalue weighted by atomic mass is 127. The van der Waals surface area contributed by atoms with Gasteiger partial charge in [-0.15, -0.1) is 24.0 Å². The lowest BCUT2D eigenvalue weighted by Gasteiger charge is -2.13. The van der Waals surface area contributed by atoms with Gasteiger partial charge >= 0.3 is 6.61 Å². The van der Waals surface area contributed by atoms with Gasteiger partial charge in [0.2, 0.25) is 0 Å². The van der Waals surface area contributed by atoms with E-state index in [0.717, 1.165) is 0 Å². The molecule has 0 saturated heterocycles. The zero-order chi connectivity index (χ0) is 17.1. The van der Waals surface area contributed by atoms with Crippen molar-refractivity contribution in [3.63, 3.8) is 0 Å². The van der Waals surface area contributed by atoms with Crippen LogP contribution in [-0.2, 0) is 0 Å². The van der Waals surface area contributed by atoms with Gasteiger partial charge in [0.25, 0.3) is 0 Å². The Morgan fingerprint density at radius 3 is 2.46 bits per heavy atom. The first-order valence-corrected chi connectivity index (χ1v) is 7.37. The minimum Gasteiger partial charge on any atom is -0.435 e. The number of hydrogen-bond acceptors (Lipinski definition) is 3. The third-order valence-electron chi connectivity index (χ3n) is 2.86. The van der Waals surface area contributed by atoms with E-state index in [-0.39, 0.29) is 36.3 Å². The topological polar surface area (TPSA) is 65.9 Å². The van der Waals surface area contributed by atoms with Gasteiger partial charge in [0.1, 0.15) is 5.75 Å². The highest BCUT2D eigenvalue weighted by Gasteiger charge is 2.09. The molecule has 138 valence electrons. The molecule has 9 heteroatoms. The quantitative estimate of drug-likeness (QED) is 0.229. The van der Waals surface area contributed by atoms with E-state index in [4.69, 9.17) is 0 Å². The molecule has 3 N–H and O–H groups in total. The third-order valence-corrected chi connectivity index (χ3v) is 2.86. The first-order chi connectivity index (χ1) is 11.1. The van der Waals surface area contributed by atoms with Gasteiger partial charge in [-0.3, -0.25) is 9.38 Å². The van der Waals surface area contributed by atoms with E-state index >= 15 is 0 Å². The average Bonchev–Trinajstić information content (AvgIpc) is 2.52. The number of aliphatic hydroxyl groups is 1. The van der Waals surface area contributed by atoms with E-state index in [9.17, 15) is 18.3 Å². The second-order valence-electron chi connectivity index (χ2n) is 4.65. The highest BCUT2D eigenvalue weighted by molar-refractivity contribution is 14.0. The summed E-state index contributed by atoms with van der Waals surface area (Å²) in [6.45, 7) is -0.240. The predicted molar refractivity (Wildman–Crippen MR) is 98.0 cm³/mol. The lowest BCUT2D eigenvalue weighted by molar-refractivity contribution is -0.0498. The molecule has 1 atom stereocenters. The van der Waals surface area contributed by atoms with Crippen molar-refractivity contribution < 1.29 is 23.0 Å². The Bertz CT molecular complexity index is 476. The van der Waals surface area contributed by atoms with Crippen LogP contribution in [0.1, 0.15) is 25.0 Å². The first-order valence-electron chi connectivity index (χ1n) is 7.37. The Kier molecular flexibility index (Phi) is 12.4. The van der Waals surface area contributed by atoms with Crippen molar-refractivity contribution in [3.05, 3.63) is 29.8 Å². The van der Waals surface area contributed by atoms with Crippen LogP contribution in [0.25, 0.3) is 0 Å². The summed E-state index contributed by atoms with van der Waals surface area (Å²) < 4.78 is 40.4. The summed E-state index contributed by atoms with van der Waals surface area (Å²) >= 11 is 0. The number of hydrogen-bond donors (Lipinski definition) is 3. The molecule has 0 aliphatic rings. The molecule has 0 aliphatic heterocycles. The van der Waals surface area contributed by atoms with Crippen molar-refractivity contribution in [2.45, 2.75) is 26.1 Å². The highest BCUT2D eigenvalue weighted by Crippen LogP contribution is 2.19. The predicted octanol–water partition coefficient (Wildman–Crippen LogP) is 2.85. The van der Waals surface area contributed by atoms with E-state index in [1.165, 1.54) is 24.3 Å². The minimum absolute atomic E-state index is 0. The van der Waals surface area contributed by atoms with Gasteiger partial charge in [0.05, 0.1) is 19.3 Å². The molecular formula is C15H23F3IN3O2. The van der Waals surface area contributed by atoms with Crippen LogP contribution in [0.2, 0.25) is 0 Å². The molecule has 5 nitrogen and oxygen atoms in total. The van der Waals surface area contributed by atoms with Gasteiger partial charge in [-0.1, -0.05) is 12.1 Å². The van der Waals surface area contributed by atoms with Crippen molar-refractivity contribution in [3.8, 4) is 5.75 Å². The number of aliphatic hydroxyl groups excluding tert-OH is 1. The Morgan fingerprint density at radius 1 is 1.25 bits per heavy atom. The van der Waals surface area contributed by atoms with E-state index in [2.05, 4.69) is 20.4 Å². The molecule has 1 rings (SSSR count). The molecule has 0 aliphatic carbocycles. The third kappa shape index (κ3) is 9.16. The van der Waals surface area contributed by atoms with Crippen molar-refractivity contribution in [1.29, 1.82) is 0 Å². The summed E-state index contributed by atoms with van der Waals surface area (Å²) in [5.41, 5.74) is 0.537. The minimum atomic E-state index is -2.88. The first kappa shape index (κ1) is 22.8. The molecule has 1 aromatic rings. The maximum atomic E-state index is 12.1. The Balaban J connectivity index is 0.00000529. The van der Waals surface area contributed by atoms with Crippen LogP contribution in [0.4, 0.5) is 13.2 Å². The zero-order valence-electron chi connectivity index (χ0n) is 13.3. The summed E-state index contributed by atoms with van der Waals surface area (Å²) in [4.78, 5) is 4.20. The lowest BCUT2D eigenvalue weighted by atomic mass is 10.1. The number of nitrogens with one attached hydrogen (secondary N) is 2. The molecule has 0 heterocycles. The molecule has 0 radical (unpaired) electrons. The number of benzene rings is 1. The van der Waals surface area contributed by atoms with E-state index in [1.54, 1.807) is 0 Å². The van der Waals surface area contributed by atoms with Gasteiger partial charge in [-0.2, -0.15) is 8.78 Å². The second-order valence-corrected chi connectivity index (χ2v) is 4.65. The second kappa shape index (κ2) is 13.1. The summed E-state index contributed by atoms with van der Waals surface area (Å²) in [7, 11) is 0. The summed E-state index contributed by atoms with van der Waals surface area (Å²) in [5, 5.41) is 16.0. The van der Waals surface area contributed by atoms with Gasteiger partial charge < -0.3 is 20.5 Å². The fourth-order valence-corrected chi connectivity index (χ4v) is 1.77. The fraction of sp³-hybridized carbons (Fsp3) is 0.533. The maximum absolute atomic E-state index is 12.1. The van der Waals surface area contributed by atoms with Crippen LogP contribution in [0.3, 0.4) is 0 Å². The number of halogens is 4. The number of alkyl halides is 3. The van der Waals surface area contributed by atoms with Crippen LogP contribution in [0.5, 0.6) is 5.75 Å². The van der Waals surface area contributed by atoms with Crippen molar-refractivity contribution in [2.75, 3.05) is 26.3 Å². The summed E-state index contributed by atoms with van der Waals surface area (Å²) in [5.74, 6) is 0.512. The Hall–Kier alpha value is -1.23.